The van der Waals surface area contributed by atoms with E-state index in [0.717, 1.165) is 0 Å². The Morgan fingerprint density at radius 1 is 0.286 bits per heavy atom. The normalized spacial score (nSPS) is 11.6. The molecule has 0 aliphatic carbocycles. The van der Waals surface area contributed by atoms with Crippen LogP contribution in [0.5, 0.6) is 0 Å². The summed E-state index contributed by atoms with van der Waals surface area (Å²) in [5, 5.41) is 0. The maximum absolute atomic E-state index is 4.47. The second kappa shape index (κ2) is 37.0. The molecule has 1 aromatic carbocycles. The van der Waals surface area contributed by atoms with E-state index in [2.05, 4.69) is 39.8 Å². The first-order valence-corrected chi connectivity index (χ1v) is 23.2. The van der Waals surface area contributed by atoms with Crippen molar-refractivity contribution in [3.05, 3.63) is 41.3 Å². The maximum atomic E-state index is 4.47. The van der Waals surface area contributed by atoms with E-state index >= 15 is 0 Å². The Morgan fingerprint density at radius 2 is 0.490 bits per heavy atom. The number of rotatable bonds is 39. The molecule has 0 unspecified atom stereocenters. The molecule has 0 saturated heterocycles. The number of benzene rings is 1. The fraction of sp³-hybridized carbons (Fsp3) is 0.857. The lowest BCUT2D eigenvalue weighted by atomic mass is 9.88. The van der Waals surface area contributed by atoms with Crippen molar-refractivity contribution in [2.45, 2.75) is 271 Å². The number of aryl methyl sites for hydroxylation is 2. The first kappa shape index (κ1) is 46.2. The van der Waals surface area contributed by atoms with Crippen LogP contribution in [0.25, 0.3) is 0 Å². The topological polar surface area (TPSA) is 0 Å². The van der Waals surface area contributed by atoms with E-state index in [1.54, 1.807) is 16.7 Å². The highest BCUT2D eigenvalue weighted by Gasteiger charge is 2.11. The second-order valence-corrected chi connectivity index (χ2v) is 16.3. The Labute approximate surface area is 311 Å². The number of unbranched alkanes of at least 4 members (excludes halogenated alkanes) is 33. The molecule has 49 heavy (non-hydrogen) atoms. The number of hydrogen-bond donors (Lipinski definition) is 0. The average Bonchev–Trinajstić information content (AvgIpc) is 3.10. The zero-order valence-corrected chi connectivity index (χ0v) is 34.4. The quantitative estimate of drug-likeness (QED) is 0.0608. The molecule has 1 rings (SSSR count). The summed E-state index contributed by atoms with van der Waals surface area (Å²) in [6, 6.07) is 4.94. The minimum Gasteiger partial charge on any atom is -0.0654 e. The molecule has 1 radical (unpaired) electrons. The Hall–Kier alpha value is -0.780. The van der Waals surface area contributed by atoms with Crippen molar-refractivity contribution in [3.63, 3.8) is 0 Å². The molecular weight excluding hydrogens is 589 g/mol. The largest absolute Gasteiger partial charge is 0.0654 e. The molecule has 0 saturated carbocycles. The lowest BCUT2D eigenvalue weighted by Gasteiger charge is -2.17. The molecule has 287 valence electrons. The molecule has 0 N–H and O–H groups in total. The lowest BCUT2D eigenvalue weighted by Crippen LogP contribution is -2.03. The van der Waals surface area contributed by atoms with Crippen molar-refractivity contribution in [3.8, 4) is 0 Å². The van der Waals surface area contributed by atoms with Crippen molar-refractivity contribution in [1.29, 1.82) is 0 Å². The molecule has 0 heteroatoms. The second-order valence-electron chi connectivity index (χ2n) is 16.3. The highest BCUT2D eigenvalue weighted by molar-refractivity contribution is 5.41. The van der Waals surface area contributed by atoms with Crippen LogP contribution in [0.15, 0.2) is 12.1 Å². The van der Waals surface area contributed by atoms with E-state index in [4.69, 9.17) is 0 Å². The van der Waals surface area contributed by atoms with Crippen LogP contribution in [0.3, 0.4) is 0 Å². The van der Waals surface area contributed by atoms with E-state index in [0.29, 0.717) is 0 Å². The maximum Gasteiger partial charge on any atom is -0.0238 e. The van der Waals surface area contributed by atoms with E-state index < -0.39 is 0 Å². The zero-order chi connectivity index (χ0) is 35.3. The number of hydrogen-bond acceptors (Lipinski definition) is 0. The molecule has 0 aliphatic heterocycles. The Balaban J connectivity index is 2.44. The molecule has 1 aromatic rings. The summed E-state index contributed by atoms with van der Waals surface area (Å²) in [4.78, 5) is 0. The summed E-state index contributed by atoms with van der Waals surface area (Å²) < 4.78 is 0. The summed E-state index contributed by atoms with van der Waals surface area (Å²) in [5.74, 6) is 0. The van der Waals surface area contributed by atoms with Gasteiger partial charge >= 0.3 is 0 Å². The summed E-state index contributed by atoms with van der Waals surface area (Å²) in [6.45, 7) is 11.4. The molecular formula is C49H91. The van der Waals surface area contributed by atoms with Gasteiger partial charge in [0.05, 0.1) is 0 Å². The van der Waals surface area contributed by atoms with Crippen molar-refractivity contribution < 1.29 is 0 Å². The predicted octanol–water partition coefficient (Wildman–Crippen LogP) is 17.6. The van der Waals surface area contributed by atoms with Gasteiger partial charge in [0, 0.05) is 0 Å². The van der Waals surface area contributed by atoms with Crippen molar-refractivity contribution in [1.82, 2.24) is 0 Å². The molecule has 0 heterocycles. The van der Waals surface area contributed by atoms with Gasteiger partial charge in [0.25, 0.3) is 0 Å². The molecule has 0 fully saturated rings. The van der Waals surface area contributed by atoms with Crippen LogP contribution in [-0.4, -0.2) is 0 Å². The molecule has 0 bridgehead atoms. The van der Waals surface area contributed by atoms with Gasteiger partial charge < -0.3 is 0 Å². The summed E-state index contributed by atoms with van der Waals surface area (Å²) in [5.41, 5.74) is 6.33. The van der Waals surface area contributed by atoms with Gasteiger partial charge in [0.15, 0.2) is 0 Å². The Bertz CT molecular complexity index is 740. The van der Waals surface area contributed by atoms with Crippen LogP contribution in [0.2, 0.25) is 0 Å². The van der Waals surface area contributed by atoms with Crippen LogP contribution in [0.1, 0.15) is 274 Å². The SMILES string of the molecule is [CH2]c1cc(CCCCCCCCCCCCCC)c(CCCCCCCCCCCCCC)c(CCCCCCCCCCCCCC)c1. The monoisotopic (exact) mass is 680 g/mol. The molecule has 0 spiro atoms. The van der Waals surface area contributed by atoms with Crippen molar-refractivity contribution >= 4 is 0 Å². The van der Waals surface area contributed by atoms with Gasteiger partial charge in [-0.15, -0.1) is 0 Å². The fourth-order valence-electron chi connectivity index (χ4n) is 8.09. The van der Waals surface area contributed by atoms with E-state index in [9.17, 15) is 0 Å². The third-order valence-corrected chi connectivity index (χ3v) is 11.4. The van der Waals surface area contributed by atoms with Crippen molar-refractivity contribution in [2.75, 3.05) is 0 Å². The predicted molar refractivity (Wildman–Crippen MR) is 225 cm³/mol. The average molecular weight is 680 g/mol. The zero-order valence-electron chi connectivity index (χ0n) is 34.4. The Kier molecular flexibility index (Phi) is 34.9. The highest BCUT2D eigenvalue weighted by Crippen LogP contribution is 2.26. The standard InChI is InChI=1S/C49H91/c1-5-8-11-14-17-20-23-26-29-32-35-38-41-47-44-46(4)45-48(42-39-36-33-30-27-24-21-18-15-12-9-6-2)49(47)43-40-37-34-31-28-25-22-19-16-13-10-7-3/h44-45H,4-43H2,1-3H3. The lowest BCUT2D eigenvalue weighted by molar-refractivity contribution is 0.540. The third kappa shape index (κ3) is 29.5. The van der Waals surface area contributed by atoms with Gasteiger partial charge in [-0.3, -0.25) is 0 Å². The van der Waals surface area contributed by atoms with E-state index in [-0.39, 0.29) is 0 Å². The molecule has 0 nitrogen and oxygen atoms in total. The van der Waals surface area contributed by atoms with Crippen LogP contribution < -0.4 is 0 Å². The van der Waals surface area contributed by atoms with Gasteiger partial charge in [-0.1, -0.05) is 245 Å². The molecule has 0 aliphatic rings. The summed E-state index contributed by atoms with van der Waals surface area (Å²) >= 11 is 0. The van der Waals surface area contributed by atoms with Crippen LogP contribution in [0, 0.1) is 6.92 Å². The molecule has 0 atom stereocenters. The van der Waals surface area contributed by atoms with Gasteiger partial charge in [-0.05, 0) is 67.7 Å². The molecule has 0 amide bonds. The first-order valence-electron chi connectivity index (χ1n) is 23.2. The third-order valence-electron chi connectivity index (χ3n) is 11.4. The minimum atomic E-state index is 1.27. The Morgan fingerprint density at radius 3 is 0.735 bits per heavy atom. The van der Waals surface area contributed by atoms with Crippen LogP contribution in [0.4, 0.5) is 0 Å². The molecule has 0 aromatic heterocycles. The van der Waals surface area contributed by atoms with Crippen molar-refractivity contribution in [2.24, 2.45) is 0 Å². The highest BCUT2D eigenvalue weighted by atomic mass is 14.2. The van der Waals surface area contributed by atoms with E-state index in [1.807, 2.05) is 0 Å². The van der Waals surface area contributed by atoms with Gasteiger partial charge in [0.2, 0.25) is 0 Å². The smallest absolute Gasteiger partial charge is 0.0238 e. The van der Waals surface area contributed by atoms with E-state index in [1.165, 1.54) is 256 Å². The summed E-state index contributed by atoms with van der Waals surface area (Å²) in [7, 11) is 0. The van der Waals surface area contributed by atoms with Crippen LogP contribution in [-0.2, 0) is 19.3 Å². The van der Waals surface area contributed by atoms with Gasteiger partial charge in [-0.2, -0.15) is 0 Å². The van der Waals surface area contributed by atoms with Crippen LogP contribution >= 0.6 is 0 Å². The van der Waals surface area contributed by atoms with Gasteiger partial charge in [-0.25, -0.2) is 0 Å². The summed E-state index contributed by atoms with van der Waals surface area (Å²) in [6.07, 6.45) is 55.5. The fourth-order valence-corrected chi connectivity index (χ4v) is 8.09. The first-order chi connectivity index (χ1) is 24.2. The van der Waals surface area contributed by atoms with Gasteiger partial charge in [0.1, 0.15) is 0 Å². The minimum absolute atomic E-state index is 1.27.